The van der Waals surface area contributed by atoms with E-state index >= 15 is 0 Å². The Morgan fingerprint density at radius 1 is 0.375 bits per heavy atom. The predicted octanol–water partition coefficient (Wildman–Crippen LogP) is 9.49. The van der Waals surface area contributed by atoms with E-state index in [1.807, 2.05) is 36.4 Å². The summed E-state index contributed by atoms with van der Waals surface area (Å²) in [4.78, 5) is 15.6. The van der Waals surface area contributed by atoms with Crippen LogP contribution in [0.15, 0.2) is 140 Å². The van der Waals surface area contributed by atoms with Crippen molar-refractivity contribution in [2.75, 3.05) is 0 Å². The smallest absolute Gasteiger partial charge is 0.160 e. The van der Waals surface area contributed by atoms with Crippen LogP contribution in [0.4, 0.5) is 0 Å². The Labute approximate surface area is 231 Å². The maximum atomic E-state index is 5.29. The Morgan fingerprint density at radius 2 is 0.975 bits per heavy atom. The highest BCUT2D eigenvalue weighted by Crippen LogP contribution is 2.40. The van der Waals surface area contributed by atoms with Gasteiger partial charge in [0, 0.05) is 27.5 Å². The van der Waals surface area contributed by atoms with Gasteiger partial charge in [0.15, 0.2) is 5.82 Å². The molecule has 0 aliphatic rings. The quantitative estimate of drug-likeness (QED) is 0.176. The molecule has 3 nitrogen and oxygen atoms in total. The number of rotatable bonds is 3. The zero-order chi connectivity index (χ0) is 26.5. The molecule has 0 N–H and O–H groups in total. The first-order valence-corrected chi connectivity index (χ1v) is 13.5. The first-order valence-electron chi connectivity index (χ1n) is 13.5. The van der Waals surface area contributed by atoms with Gasteiger partial charge in [0.1, 0.15) is 5.52 Å². The van der Waals surface area contributed by atoms with Gasteiger partial charge in [-0.15, -0.1) is 0 Å². The number of benzene rings is 6. The van der Waals surface area contributed by atoms with Crippen LogP contribution in [0.3, 0.4) is 0 Å². The number of nitrogens with zero attached hydrogens (tertiary/aromatic N) is 3. The van der Waals surface area contributed by atoms with Crippen LogP contribution in [0.2, 0.25) is 0 Å². The highest BCUT2D eigenvalue weighted by atomic mass is 14.9. The number of aromatic nitrogens is 3. The van der Waals surface area contributed by atoms with Crippen LogP contribution < -0.4 is 0 Å². The van der Waals surface area contributed by atoms with Crippen LogP contribution in [0.5, 0.6) is 0 Å². The Kier molecular flexibility index (Phi) is 5.14. The van der Waals surface area contributed by atoms with Crippen LogP contribution >= 0.6 is 0 Å². The van der Waals surface area contributed by atoms with Crippen LogP contribution in [0.25, 0.3) is 77.3 Å². The SMILES string of the molecule is c1ccc(-c2ccc3ccc4c(-c5c6ccccc6cc6ccccc56)nc(-c5ccccc5)nc4c3n2)cc1. The standard InChI is InChI=1S/C37H23N3/c1-3-11-24(12-4-1)32-22-20-25-19-21-31-35(39-37(26-13-5-2-6-14-26)40-36(31)34(25)38-32)33-29-17-9-7-15-27(29)23-28-16-8-10-18-30(28)33/h1-23H. The van der Waals surface area contributed by atoms with Crippen molar-refractivity contribution >= 4 is 43.4 Å². The molecule has 0 spiro atoms. The van der Waals surface area contributed by atoms with E-state index in [0.29, 0.717) is 5.82 Å². The fourth-order valence-electron chi connectivity index (χ4n) is 5.72. The molecule has 0 unspecified atom stereocenters. The van der Waals surface area contributed by atoms with Crippen LogP contribution in [0.1, 0.15) is 0 Å². The molecule has 0 bridgehead atoms. The van der Waals surface area contributed by atoms with E-state index in [4.69, 9.17) is 15.0 Å². The molecular formula is C37H23N3. The zero-order valence-electron chi connectivity index (χ0n) is 21.6. The minimum atomic E-state index is 0.694. The fraction of sp³-hybridized carbons (Fsp3) is 0. The number of fused-ring (bicyclic) bond motifs is 5. The summed E-state index contributed by atoms with van der Waals surface area (Å²) in [6.45, 7) is 0. The van der Waals surface area contributed by atoms with Crippen molar-refractivity contribution in [2.45, 2.75) is 0 Å². The maximum Gasteiger partial charge on any atom is 0.160 e. The molecule has 40 heavy (non-hydrogen) atoms. The van der Waals surface area contributed by atoms with E-state index < -0.39 is 0 Å². The van der Waals surface area contributed by atoms with E-state index in [2.05, 4.69) is 103 Å². The molecule has 2 aromatic heterocycles. The van der Waals surface area contributed by atoms with Crippen LogP contribution in [-0.2, 0) is 0 Å². The monoisotopic (exact) mass is 509 g/mol. The Balaban J connectivity index is 1.54. The van der Waals surface area contributed by atoms with Gasteiger partial charge in [-0.25, -0.2) is 15.0 Å². The molecule has 0 saturated heterocycles. The molecule has 8 aromatic rings. The van der Waals surface area contributed by atoms with Crippen molar-refractivity contribution in [1.82, 2.24) is 15.0 Å². The summed E-state index contributed by atoms with van der Waals surface area (Å²) in [7, 11) is 0. The average molecular weight is 510 g/mol. The molecule has 3 heteroatoms. The minimum Gasteiger partial charge on any atom is -0.245 e. The largest absolute Gasteiger partial charge is 0.245 e. The molecule has 0 amide bonds. The highest BCUT2D eigenvalue weighted by Gasteiger charge is 2.19. The average Bonchev–Trinajstić information content (AvgIpc) is 3.03. The summed E-state index contributed by atoms with van der Waals surface area (Å²) >= 11 is 0. The Bertz CT molecular complexity index is 2150. The topological polar surface area (TPSA) is 38.7 Å². The van der Waals surface area contributed by atoms with Crippen LogP contribution in [-0.4, -0.2) is 15.0 Å². The minimum absolute atomic E-state index is 0.694. The van der Waals surface area contributed by atoms with Crippen molar-refractivity contribution in [1.29, 1.82) is 0 Å². The zero-order valence-corrected chi connectivity index (χ0v) is 21.6. The number of pyridine rings is 1. The van der Waals surface area contributed by atoms with Gasteiger partial charge in [-0.05, 0) is 39.7 Å². The summed E-state index contributed by atoms with van der Waals surface area (Å²) in [6, 6.07) is 48.5. The second-order valence-electron chi connectivity index (χ2n) is 10.1. The summed E-state index contributed by atoms with van der Waals surface area (Å²) < 4.78 is 0. The molecular weight excluding hydrogens is 486 g/mol. The van der Waals surface area contributed by atoms with Gasteiger partial charge in [0.2, 0.25) is 0 Å². The van der Waals surface area contributed by atoms with E-state index in [1.165, 1.54) is 21.5 Å². The summed E-state index contributed by atoms with van der Waals surface area (Å²) in [5.74, 6) is 0.694. The van der Waals surface area contributed by atoms with Gasteiger partial charge >= 0.3 is 0 Å². The van der Waals surface area contributed by atoms with Gasteiger partial charge in [0.25, 0.3) is 0 Å². The first kappa shape index (κ1) is 22.6. The van der Waals surface area contributed by atoms with Crippen molar-refractivity contribution in [3.05, 3.63) is 140 Å². The molecule has 8 rings (SSSR count). The fourth-order valence-corrected chi connectivity index (χ4v) is 5.72. The first-order chi connectivity index (χ1) is 19.8. The molecule has 0 fully saturated rings. The second-order valence-corrected chi connectivity index (χ2v) is 10.1. The number of hydrogen-bond acceptors (Lipinski definition) is 3. The van der Waals surface area contributed by atoms with Gasteiger partial charge in [-0.3, -0.25) is 0 Å². The number of hydrogen-bond donors (Lipinski definition) is 0. The maximum absolute atomic E-state index is 5.29. The van der Waals surface area contributed by atoms with Gasteiger partial charge in [0.05, 0.1) is 16.9 Å². The molecule has 0 aliphatic carbocycles. The van der Waals surface area contributed by atoms with Crippen LogP contribution in [0, 0.1) is 0 Å². The van der Waals surface area contributed by atoms with E-state index in [-0.39, 0.29) is 0 Å². The lowest BCUT2D eigenvalue weighted by Gasteiger charge is -2.15. The molecule has 0 aliphatic heterocycles. The van der Waals surface area contributed by atoms with Crippen molar-refractivity contribution in [2.24, 2.45) is 0 Å². The van der Waals surface area contributed by atoms with Gasteiger partial charge in [-0.1, -0.05) is 121 Å². The lowest BCUT2D eigenvalue weighted by Crippen LogP contribution is -1.98. The third kappa shape index (κ3) is 3.63. The summed E-state index contributed by atoms with van der Waals surface area (Å²) in [5, 5.41) is 6.77. The second kappa shape index (κ2) is 9.11. The van der Waals surface area contributed by atoms with Crippen molar-refractivity contribution in [3.8, 4) is 33.9 Å². The Hall–Kier alpha value is -5.41. The molecule has 186 valence electrons. The predicted molar refractivity (Wildman–Crippen MR) is 166 cm³/mol. The molecule has 6 aromatic carbocycles. The molecule has 0 atom stereocenters. The van der Waals surface area contributed by atoms with Gasteiger partial charge in [-0.2, -0.15) is 0 Å². The van der Waals surface area contributed by atoms with Crippen molar-refractivity contribution in [3.63, 3.8) is 0 Å². The molecule has 0 saturated carbocycles. The van der Waals surface area contributed by atoms with Crippen molar-refractivity contribution < 1.29 is 0 Å². The molecule has 2 heterocycles. The normalized spacial score (nSPS) is 11.5. The third-order valence-corrected chi connectivity index (χ3v) is 7.64. The molecule has 0 radical (unpaired) electrons. The van der Waals surface area contributed by atoms with Gasteiger partial charge < -0.3 is 0 Å². The summed E-state index contributed by atoms with van der Waals surface area (Å²) in [6.07, 6.45) is 0. The van der Waals surface area contributed by atoms with E-state index in [0.717, 1.165) is 49.9 Å². The highest BCUT2D eigenvalue weighted by molar-refractivity contribution is 6.18. The Morgan fingerprint density at radius 3 is 1.68 bits per heavy atom. The third-order valence-electron chi connectivity index (χ3n) is 7.64. The lowest BCUT2D eigenvalue weighted by molar-refractivity contribution is 1.23. The summed E-state index contributed by atoms with van der Waals surface area (Å²) in [5.41, 5.74) is 6.77. The van der Waals surface area contributed by atoms with E-state index in [9.17, 15) is 0 Å². The lowest BCUT2D eigenvalue weighted by atomic mass is 9.92. The van der Waals surface area contributed by atoms with E-state index in [1.54, 1.807) is 0 Å².